The Kier molecular flexibility index (Phi) is 22.6. The van der Waals surface area contributed by atoms with Gasteiger partial charge in [0.1, 0.15) is 0 Å². The first-order valence-corrected chi connectivity index (χ1v) is 15.6. The number of rotatable bonds is 19. The second-order valence-electron chi connectivity index (χ2n) is 12.2. The zero-order chi connectivity index (χ0) is 30.2. The maximum Gasteiger partial charge on any atom is -0.0285 e. The zero-order valence-corrected chi connectivity index (χ0v) is 27.9. The third-order valence-corrected chi connectivity index (χ3v) is 6.82. The SMILES string of the molecule is CC(C)=CCC/C(C)=C/CC/C(C)=C/C=C/C(C)=C/C=C/C=C(C)/C=C/C=C(\C)CC/C=C(\C)CCCC(C)C. The van der Waals surface area contributed by atoms with Gasteiger partial charge >= 0.3 is 0 Å². The lowest BCUT2D eigenvalue weighted by atomic mass is 10.0. The van der Waals surface area contributed by atoms with Crippen LogP contribution in [0.4, 0.5) is 0 Å². The summed E-state index contributed by atoms with van der Waals surface area (Å²) in [6, 6.07) is 0. The molecule has 0 aliphatic rings. The monoisotopic (exact) mass is 542 g/mol. The highest BCUT2D eigenvalue weighted by atomic mass is 14.0. The van der Waals surface area contributed by atoms with Gasteiger partial charge in [-0.05, 0) is 113 Å². The summed E-state index contributed by atoms with van der Waals surface area (Å²) >= 11 is 0. The van der Waals surface area contributed by atoms with Crippen molar-refractivity contribution in [3.8, 4) is 0 Å². The maximum atomic E-state index is 2.42. The molecule has 0 aromatic carbocycles. The molecule has 222 valence electrons. The van der Waals surface area contributed by atoms with E-state index in [-0.39, 0.29) is 0 Å². The third kappa shape index (κ3) is 25.7. The van der Waals surface area contributed by atoms with Crippen molar-refractivity contribution in [1.29, 1.82) is 0 Å². The van der Waals surface area contributed by atoms with E-state index in [1.807, 2.05) is 0 Å². The van der Waals surface area contributed by atoms with Gasteiger partial charge in [0.05, 0.1) is 0 Å². The van der Waals surface area contributed by atoms with Crippen molar-refractivity contribution in [3.05, 3.63) is 118 Å². The van der Waals surface area contributed by atoms with Gasteiger partial charge in [-0.3, -0.25) is 0 Å². The highest BCUT2D eigenvalue weighted by Crippen LogP contribution is 2.14. The smallest absolute Gasteiger partial charge is 0.0285 e. The molecule has 0 saturated carbocycles. The Morgan fingerprint density at radius 2 is 0.900 bits per heavy atom. The Morgan fingerprint density at radius 1 is 0.475 bits per heavy atom. The van der Waals surface area contributed by atoms with E-state index in [4.69, 9.17) is 0 Å². The topological polar surface area (TPSA) is 0 Å². The van der Waals surface area contributed by atoms with E-state index in [9.17, 15) is 0 Å². The molecule has 0 spiro atoms. The van der Waals surface area contributed by atoms with Crippen LogP contribution in [0.5, 0.6) is 0 Å². The summed E-state index contributed by atoms with van der Waals surface area (Å²) in [5.41, 5.74) is 9.81. The molecule has 0 rings (SSSR count). The van der Waals surface area contributed by atoms with Crippen LogP contribution in [0.2, 0.25) is 0 Å². The fourth-order valence-corrected chi connectivity index (χ4v) is 4.10. The van der Waals surface area contributed by atoms with Gasteiger partial charge in [0, 0.05) is 0 Å². The standard InChI is InChI=1S/C40H62/c1-33(2)19-13-23-37(7)27-17-31-39(9)29-15-25-35(5)21-11-12-22-36(6)26-16-30-40(10)32-18-28-38(8)24-14-20-34(3)4/h11-12,15-16,19,21-22,25-30,34H,13-14,17-18,20,23-24,31-32H2,1-10H3/b12-11+,25-15+,26-16+,35-21+,36-22+,37-27+,38-28+,39-29+,40-30+. The molecule has 0 aromatic rings. The first-order valence-electron chi connectivity index (χ1n) is 15.6. The van der Waals surface area contributed by atoms with Gasteiger partial charge in [-0.25, -0.2) is 0 Å². The molecule has 0 N–H and O–H groups in total. The molecule has 0 atom stereocenters. The first-order chi connectivity index (χ1) is 19.0. The van der Waals surface area contributed by atoms with Crippen molar-refractivity contribution in [3.63, 3.8) is 0 Å². The molecule has 0 bridgehead atoms. The lowest BCUT2D eigenvalue weighted by Crippen LogP contribution is -1.87. The van der Waals surface area contributed by atoms with Crippen LogP contribution in [0.1, 0.15) is 127 Å². The van der Waals surface area contributed by atoms with Crippen molar-refractivity contribution >= 4 is 0 Å². The number of allylic oxidation sites excluding steroid dienone is 20. The molecule has 0 amide bonds. The van der Waals surface area contributed by atoms with Gasteiger partial charge in [0.15, 0.2) is 0 Å². The zero-order valence-electron chi connectivity index (χ0n) is 27.9. The van der Waals surface area contributed by atoms with E-state index in [0.29, 0.717) is 0 Å². The second-order valence-corrected chi connectivity index (χ2v) is 12.2. The Bertz CT molecular complexity index is 998. The fraction of sp³-hybridized carbons (Fsp3) is 0.500. The Morgan fingerprint density at radius 3 is 1.35 bits per heavy atom. The highest BCUT2D eigenvalue weighted by Gasteiger charge is 1.96. The van der Waals surface area contributed by atoms with Crippen LogP contribution in [-0.2, 0) is 0 Å². The average Bonchev–Trinajstić information content (AvgIpc) is 2.86. The summed E-state index contributed by atoms with van der Waals surface area (Å²) in [6.07, 6.45) is 39.6. The molecule has 40 heavy (non-hydrogen) atoms. The molecule has 0 aliphatic carbocycles. The van der Waals surface area contributed by atoms with E-state index in [2.05, 4.69) is 148 Å². The Labute approximate surface area is 250 Å². The van der Waals surface area contributed by atoms with Crippen molar-refractivity contribution in [2.45, 2.75) is 127 Å². The van der Waals surface area contributed by atoms with Gasteiger partial charge < -0.3 is 0 Å². The van der Waals surface area contributed by atoms with Gasteiger partial charge in [-0.1, -0.05) is 138 Å². The van der Waals surface area contributed by atoms with Crippen LogP contribution in [0.25, 0.3) is 0 Å². The van der Waals surface area contributed by atoms with E-state index in [1.165, 1.54) is 59.1 Å². The van der Waals surface area contributed by atoms with Crippen molar-refractivity contribution in [2.24, 2.45) is 5.92 Å². The molecular weight excluding hydrogens is 480 g/mol. The third-order valence-electron chi connectivity index (χ3n) is 6.82. The van der Waals surface area contributed by atoms with Crippen molar-refractivity contribution < 1.29 is 0 Å². The molecule has 0 radical (unpaired) electrons. The number of hydrogen-bond donors (Lipinski definition) is 0. The van der Waals surface area contributed by atoms with Gasteiger partial charge in [0.2, 0.25) is 0 Å². The molecular formula is C40H62. The van der Waals surface area contributed by atoms with E-state index < -0.39 is 0 Å². The molecule has 0 nitrogen and oxygen atoms in total. The fourth-order valence-electron chi connectivity index (χ4n) is 4.10. The van der Waals surface area contributed by atoms with E-state index in [1.54, 1.807) is 5.57 Å². The minimum atomic E-state index is 0.813. The van der Waals surface area contributed by atoms with Crippen LogP contribution in [0.3, 0.4) is 0 Å². The summed E-state index contributed by atoms with van der Waals surface area (Å²) in [5.74, 6) is 0.813. The van der Waals surface area contributed by atoms with Crippen LogP contribution >= 0.6 is 0 Å². The lowest BCUT2D eigenvalue weighted by molar-refractivity contribution is 0.554. The lowest BCUT2D eigenvalue weighted by Gasteiger charge is -2.05. The van der Waals surface area contributed by atoms with Crippen molar-refractivity contribution in [1.82, 2.24) is 0 Å². The molecule has 0 aromatic heterocycles. The molecule has 0 heterocycles. The molecule has 0 aliphatic heterocycles. The highest BCUT2D eigenvalue weighted by molar-refractivity contribution is 5.30. The van der Waals surface area contributed by atoms with Crippen LogP contribution in [0.15, 0.2) is 118 Å². The Balaban J connectivity index is 4.48. The van der Waals surface area contributed by atoms with Crippen LogP contribution < -0.4 is 0 Å². The van der Waals surface area contributed by atoms with Crippen LogP contribution in [-0.4, -0.2) is 0 Å². The quantitative estimate of drug-likeness (QED) is 0.112. The maximum absolute atomic E-state index is 2.42. The molecule has 0 saturated heterocycles. The normalized spacial score (nSPS) is 15.0. The first kappa shape index (κ1) is 37.4. The van der Waals surface area contributed by atoms with E-state index in [0.717, 1.165) is 38.0 Å². The number of hydrogen-bond acceptors (Lipinski definition) is 0. The summed E-state index contributed by atoms with van der Waals surface area (Å²) < 4.78 is 0. The van der Waals surface area contributed by atoms with Crippen LogP contribution in [0, 0.1) is 5.92 Å². The Hall–Kier alpha value is -2.60. The summed E-state index contributed by atoms with van der Waals surface area (Å²) in [6.45, 7) is 22.2. The predicted octanol–water partition coefficient (Wildman–Crippen LogP) is 13.5. The minimum absolute atomic E-state index is 0.813. The van der Waals surface area contributed by atoms with Gasteiger partial charge in [-0.15, -0.1) is 0 Å². The summed E-state index contributed by atoms with van der Waals surface area (Å²) in [5, 5.41) is 0. The van der Waals surface area contributed by atoms with Crippen molar-refractivity contribution in [2.75, 3.05) is 0 Å². The molecule has 0 fully saturated rings. The molecule has 0 heteroatoms. The van der Waals surface area contributed by atoms with Gasteiger partial charge in [-0.2, -0.15) is 0 Å². The van der Waals surface area contributed by atoms with Gasteiger partial charge in [0.25, 0.3) is 0 Å². The summed E-state index contributed by atoms with van der Waals surface area (Å²) in [7, 11) is 0. The average molecular weight is 543 g/mol. The predicted molar refractivity (Wildman–Crippen MR) is 186 cm³/mol. The molecule has 0 unspecified atom stereocenters. The second kappa shape index (κ2) is 24.2. The van der Waals surface area contributed by atoms with E-state index >= 15 is 0 Å². The summed E-state index contributed by atoms with van der Waals surface area (Å²) in [4.78, 5) is 0. The minimum Gasteiger partial charge on any atom is -0.0856 e. The largest absolute Gasteiger partial charge is 0.0856 e.